The van der Waals surface area contributed by atoms with Gasteiger partial charge in [-0.2, -0.15) is 0 Å². The second-order valence-corrected chi connectivity index (χ2v) is 3.44. The average Bonchev–Trinajstić information content (AvgIpc) is 2.17. The van der Waals surface area contributed by atoms with Gasteiger partial charge in [0.1, 0.15) is 0 Å². The molecule has 1 N–H and O–H groups in total. The van der Waals surface area contributed by atoms with Crippen LogP contribution in [0.4, 0.5) is 0 Å². The van der Waals surface area contributed by atoms with E-state index in [1.54, 1.807) is 6.08 Å². The molecule has 0 heterocycles. The Morgan fingerprint density at radius 2 is 2.14 bits per heavy atom. The summed E-state index contributed by atoms with van der Waals surface area (Å²) >= 11 is 0. The molecule has 0 aliphatic carbocycles. The van der Waals surface area contributed by atoms with Crippen LogP contribution in [0.3, 0.4) is 0 Å². The van der Waals surface area contributed by atoms with E-state index >= 15 is 0 Å². The SMILES string of the molecule is C=C(/C=C\CCCCC)C(O)/C=C/C. The number of allylic oxidation sites excluding steroid dienone is 2. The quantitative estimate of drug-likeness (QED) is 0.373. The Morgan fingerprint density at radius 1 is 1.43 bits per heavy atom. The van der Waals surface area contributed by atoms with E-state index in [-0.39, 0.29) is 0 Å². The number of hydrogen-bond donors (Lipinski definition) is 1. The van der Waals surface area contributed by atoms with Gasteiger partial charge >= 0.3 is 0 Å². The van der Waals surface area contributed by atoms with Crippen molar-refractivity contribution in [2.24, 2.45) is 0 Å². The molecule has 0 rings (SSSR count). The van der Waals surface area contributed by atoms with Gasteiger partial charge < -0.3 is 5.11 Å². The minimum Gasteiger partial charge on any atom is -0.384 e. The molecule has 1 unspecified atom stereocenters. The lowest BCUT2D eigenvalue weighted by Gasteiger charge is -2.03. The Labute approximate surface area is 87.8 Å². The first-order chi connectivity index (χ1) is 6.72. The standard InChI is InChI=1S/C13H22O/c1-4-6-7-8-9-11-12(3)13(14)10-5-2/h5,9-11,13-14H,3-4,6-8H2,1-2H3/b10-5+,11-9-. The van der Waals surface area contributed by atoms with Crippen LogP contribution >= 0.6 is 0 Å². The maximum atomic E-state index is 9.48. The number of aliphatic hydroxyl groups excluding tert-OH is 1. The summed E-state index contributed by atoms with van der Waals surface area (Å²) in [6.45, 7) is 7.89. The van der Waals surface area contributed by atoms with Crippen molar-refractivity contribution in [1.29, 1.82) is 0 Å². The van der Waals surface area contributed by atoms with Crippen LogP contribution in [0.5, 0.6) is 0 Å². The molecule has 0 radical (unpaired) electrons. The summed E-state index contributed by atoms with van der Waals surface area (Å²) < 4.78 is 0. The Balaban J connectivity index is 3.70. The van der Waals surface area contributed by atoms with E-state index < -0.39 is 6.10 Å². The van der Waals surface area contributed by atoms with E-state index in [1.165, 1.54) is 19.3 Å². The van der Waals surface area contributed by atoms with Gasteiger partial charge in [0, 0.05) is 0 Å². The molecule has 0 aromatic heterocycles. The minimum absolute atomic E-state index is 0.526. The van der Waals surface area contributed by atoms with Crippen LogP contribution in [0.2, 0.25) is 0 Å². The van der Waals surface area contributed by atoms with E-state index in [0.717, 1.165) is 12.0 Å². The predicted molar refractivity (Wildman–Crippen MR) is 63.2 cm³/mol. The molecule has 0 bridgehead atoms. The van der Waals surface area contributed by atoms with Crippen LogP contribution in [-0.2, 0) is 0 Å². The monoisotopic (exact) mass is 194 g/mol. The van der Waals surface area contributed by atoms with Gasteiger partial charge in [0.2, 0.25) is 0 Å². The zero-order valence-electron chi connectivity index (χ0n) is 9.37. The van der Waals surface area contributed by atoms with E-state index in [4.69, 9.17) is 0 Å². The highest BCUT2D eigenvalue weighted by Gasteiger charge is 1.98. The van der Waals surface area contributed by atoms with E-state index in [2.05, 4.69) is 19.6 Å². The van der Waals surface area contributed by atoms with Crippen LogP contribution in [0, 0.1) is 0 Å². The zero-order valence-corrected chi connectivity index (χ0v) is 9.37. The molecule has 0 aromatic rings. The lowest BCUT2D eigenvalue weighted by atomic mass is 10.1. The maximum Gasteiger partial charge on any atom is 0.0965 e. The summed E-state index contributed by atoms with van der Waals surface area (Å²) in [5, 5.41) is 9.48. The van der Waals surface area contributed by atoms with Gasteiger partial charge in [0.15, 0.2) is 0 Å². The lowest BCUT2D eigenvalue weighted by molar-refractivity contribution is 0.263. The highest BCUT2D eigenvalue weighted by molar-refractivity contribution is 5.23. The molecule has 80 valence electrons. The molecule has 0 amide bonds. The summed E-state index contributed by atoms with van der Waals surface area (Å²) in [6.07, 6.45) is 11.9. The summed E-state index contributed by atoms with van der Waals surface area (Å²) in [6, 6.07) is 0. The molecular weight excluding hydrogens is 172 g/mol. The van der Waals surface area contributed by atoms with Crippen molar-refractivity contribution < 1.29 is 5.11 Å². The summed E-state index contributed by atoms with van der Waals surface area (Å²) in [4.78, 5) is 0. The fraction of sp³-hybridized carbons (Fsp3) is 0.538. The van der Waals surface area contributed by atoms with E-state index in [1.807, 2.05) is 19.1 Å². The third-order valence-corrected chi connectivity index (χ3v) is 2.06. The van der Waals surface area contributed by atoms with Crippen molar-refractivity contribution in [2.45, 2.75) is 45.6 Å². The molecule has 14 heavy (non-hydrogen) atoms. The van der Waals surface area contributed by atoms with Crippen molar-refractivity contribution in [3.05, 3.63) is 36.5 Å². The molecular formula is C13H22O. The van der Waals surface area contributed by atoms with Crippen LogP contribution in [0.15, 0.2) is 36.5 Å². The molecule has 0 aliphatic rings. The third-order valence-electron chi connectivity index (χ3n) is 2.06. The number of unbranched alkanes of at least 4 members (excludes halogenated alkanes) is 3. The summed E-state index contributed by atoms with van der Waals surface area (Å²) in [5.74, 6) is 0. The van der Waals surface area contributed by atoms with Crippen LogP contribution < -0.4 is 0 Å². The molecule has 0 saturated carbocycles. The topological polar surface area (TPSA) is 20.2 Å². The van der Waals surface area contributed by atoms with Gasteiger partial charge in [-0.05, 0) is 25.3 Å². The first-order valence-electron chi connectivity index (χ1n) is 5.38. The van der Waals surface area contributed by atoms with Crippen LogP contribution in [0.1, 0.15) is 39.5 Å². The highest BCUT2D eigenvalue weighted by Crippen LogP contribution is 2.06. The van der Waals surface area contributed by atoms with Crippen LogP contribution in [-0.4, -0.2) is 11.2 Å². The van der Waals surface area contributed by atoms with Gasteiger partial charge in [0.05, 0.1) is 6.10 Å². The third kappa shape index (κ3) is 6.67. The predicted octanol–water partition coefficient (Wildman–Crippen LogP) is 3.62. The molecule has 1 atom stereocenters. The van der Waals surface area contributed by atoms with Crippen molar-refractivity contribution in [1.82, 2.24) is 0 Å². The molecule has 0 saturated heterocycles. The average molecular weight is 194 g/mol. The second-order valence-electron chi connectivity index (χ2n) is 3.44. The smallest absolute Gasteiger partial charge is 0.0965 e. The number of aliphatic hydroxyl groups is 1. The van der Waals surface area contributed by atoms with E-state index in [0.29, 0.717) is 0 Å². The second kappa shape index (κ2) is 8.76. The van der Waals surface area contributed by atoms with Crippen molar-refractivity contribution >= 4 is 0 Å². The normalized spacial score (nSPS) is 13.9. The first kappa shape index (κ1) is 13.2. The molecule has 0 spiro atoms. The highest BCUT2D eigenvalue weighted by atomic mass is 16.3. The molecule has 0 aliphatic heterocycles. The number of hydrogen-bond acceptors (Lipinski definition) is 1. The Hall–Kier alpha value is -0.820. The first-order valence-corrected chi connectivity index (χ1v) is 5.38. The molecule has 0 fully saturated rings. The molecule has 0 aromatic carbocycles. The Kier molecular flexibility index (Phi) is 8.25. The van der Waals surface area contributed by atoms with Crippen molar-refractivity contribution in [2.75, 3.05) is 0 Å². The zero-order chi connectivity index (χ0) is 10.8. The minimum atomic E-state index is -0.526. The maximum absolute atomic E-state index is 9.48. The van der Waals surface area contributed by atoms with Crippen molar-refractivity contribution in [3.63, 3.8) is 0 Å². The van der Waals surface area contributed by atoms with Gasteiger partial charge in [0.25, 0.3) is 0 Å². The van der Waals surface area contributed by atoms with Crippen LogP contribution in [0.25, 0.3) is 0 Å². The summed E-state index contributed by atoms with van der Waals surface area (Å²) in [5.41, 5.74) is 0.764. The fourth-order valence-corrected chi connectivity index (χ4v) is 1.15. The number of rotatable bonds is 7. The fourth-order valence-electron chi connectivity index (χ4n) is 1.15. The Bertz CT molecular complexity index is 201. The summed E-state index contributed by atoms with van der Waals surface area (Å²) in [7, 11) is 0. The van der Waals surface area contributed by atoms with Gasteiger partial charge in [-0.3, -0.25) is 0 Å². The van der Waals surface area contributed by atoms with Gasteiger partial charge in [-0.1, -0.05) is 50.6 Å². The molecule has 1 nitrogen and oxygen atoms in total. The van der Waals surface area contributed by atoms with Crippen molar-refractivity contribution in [3.8, 4) is 0 Å². The van der Waals surface area contributed by atoms with Gasteiger partial charge in [-0.25, -0.2) is 0 Å². The largest absolute Gasteiger partial charge is 0.384 e. The lowest BCUT2D eigenvalue weighted by Crippen LogP contribution is -2.02. The van der Waals surface area contributed by atoms with Gasteiger partial charge in [-0.15, -0.1) is 0 Å². The molecule has 1 heteroatoms. The van der Waals surface area contributed by atoms with E-state index in [9.17, 15) is 5.11 Å². The Morgan fingerprint density at radius 3 is 2.71 bits per heavy atom.